The SMILES string of the molecule is [C-]#[N+]Cc1cccc(N=Cc2cc([N+](=O)[O-])ccc2O)c1. The molecule has 0 aliphatic heterocycles. The van der Waals surface area contributed by atoms with Crippen LogP contribution < -0.4 is 0 Å². The van der Waals surface area contributed by atoms with Gasteiger partial charge in [-0.1, -0.05) is 12.1 Å². The number of phenols is 1. The van der Waals surface area contributed by atoms with Crippen molar-refractivity contribution < 1.29 is 10.0 Å². The van der Waals surface area contributed by atoms with Crippen molar-refractivity contribution in [2.45, 2.75) is 6.54 Å². The van der Waals surface area contributed by atoms with Crippen LogP contribution in [0.3, 0.4) is 0 Å². The summed E-state index contributed by atoms with van der Waals surface area (Å²) in [5.74, 6) is -0.0818. The van der Waals surface area contributed by atoms with E-state index >= 15 is 0 Å². The largest absolute Gasteiger partial charge is 0.507 e. The van der Waals surface area contributed by atoms with Crippen LogP contribution in [0.25, 0.3) is 4.85 Å². The Hall–Kier alpha value is -3.20. The molecule has 0 bridgehead atoms. The summed E-state index contributed by atoms with van der Waals surface area (Å²) >= 11 is 0. The topological polar surface area (TPSA) is 80.1 Å². The standard InChI is InChI=1S/C15H11N3O3/c1-16-9-11-3-2-4-13(7-11)17-10-12-8-14(18(20)21)5-6-15(12)19/h2-8,10,19H,9H2. The molecule has 0 aromatic heterocycles. The molecule has 2 aromatic carbocycles. The van der Waals surface area contributed by atoms with E-state index in [0.29, 0.717) is 5.69 Å². The molecule has 0 aliphatic rings. The Kier molecular flexibility index (Phi) is 4.26. The maximum absolute atomic E-state index is 10.7. The predicted octanol–water partition coefficient (Wildman–Crippen LogP) is 3.47. The summed E-state index contributed by atoms with van der Waals surface area (Å²) in [6, 6.07) is 10.8. The van der Waals surface area contributed by atoms with Crippen molar-refractivity contribution in [1.29, 1.82) is 0 Å². The molecule has 0 saturated carbocycles. The maximum atomic E-state index is 10.7. The fraction of sp³-hybridized carbons (Fsp3) is 0.0667. The summed E-state index contributed by atoms with van der Waals surface area (Å²) in [7, 11) is 0. The lowest BCUT2D eigenvalue weighted by atomic mass is 10.2. The van der Waals surface area contributed by atoms with E-state index in [1.54, 1.807) is 18.2 Å². The number of nitro benzene ring substituents is 1. The third kappa shape index (κ3) is 3.64. The molecular weight excluding hydrogens is 270 g/mol. The normalized spacial score (nSPS) is 10.4. The highest BCUT2D eigenvalue weighted by Crippen LogP contribution is 2.22. The summed E-state index contributed by atoms with van der Waals surface area (Å²) in [6.45, 7) is 7.10. The Bertz CT molecular complexity index is 748. The van der Waals surface area contributed by atoms with Crippen LogP contribution in [0.5, 0.6) is 5.75 Å². The monoisotopic (exact) mass is 281 g/mol. The van der Waals surface area contributed by atoms with Gasteiger partial charge in [-0.15, -0.1) is 0 Å². The van der Waals surface area contributed by atoms with Crippen LogP contribution in [-0.2, 0) is 6.54 Å². The highest BCUT2D eigenvalue weighted by molar-refractivity contribution is 5.86. The molecule has 0 spiro atoms. The molecular formula is C15H11N3O3. The molecule has 0 saturated heterocycles. The van der Waals surface area contributed by atoms with E-state index < -0.39 is 4.92 Å². The van der Waals surface area contributed by atoms with Crippen molar-refractivity contribution in [3.05, 3.63) is 75.1 Å². The van der Waals surface area contributed by atoms with Gasteiger partial charge in [0.2, 0.25) is 6.54 Å². The molecule has 104 valence electrons. The van der Waals surface area contributed by atoms with Crippen molar-refractivity contribution in [2.24, 2.45) is 4.99 Å². The Morgan fingerprint density at radius 1 is 1.33 bits per heavy atom. The molecule has 2 rings (SSSR count). The van der Waals surface area contributed by atoms with Gasteiger partial charge in [0.1, 0.15) is 5.75 Å². The molecule has 0 fully saturated rings. The second-order valence-electron chi connectivity index (χ2n) is 4.24. The average Bonchev–Trinajstić information content (AvgIpc) is 2.47. The molecule has 21 heavy (non-hydrogen) atoms. The molecule has 0 aliphatic carbocycles. The van der Waals surface area contributed by atoms with Crippen molar-refractivity contribution in [1.82, 2.24) is 0 Å². The first-order chi connectivity index (χ1) is 10.1. The second-order valence-corrected chi connectivity index (χ2v) is 4.24. The Morgan fingerprint density at radius 2 is 2.14 bits per heavy atom. The molecule has 0 unspecified atom stereocenters. The van der Waals surface area contributed by atoms with Gasteiger partial charge in [0.25, 0.3) is 5.69 Å². The van der Waals surface area contributed by atoms with Gasteiger partial charge >= 0.3 is 0 Å². The van der Waals surface area contributed by atoms with E-state index in [1.807, 2.05) is 6.07 Å². The van der Waals surface area contributed by atoms with Gasteiger partial charge in [-0.25, -0.2) is 6.57 Å². The van der Waals surface area contributed by atoms with Gasteiger partial charge in [-0.3, -0.25) is 15.1 Å². The summed E-state index contributed by atoms with van der Waals surface area (Å²) < 4.78 is 0. The Labute approximate surface area is 121 Å². The fourth-order valence-electron chi connectivity index (χ4n) is 1.73. The second kappa shape index (κ2) is 6.30. The zero-order chi connectivity index (χ0) is 15.2. The molecule has 6 heteroatoms. The molecule has 0 heterocycles. The number of rotatable bonds is 4. The summed E-state index contributed by atoms with van der Waals surface area (Å²) in [5, 5.41) is 20.4. The van der Waals surface area contributed by atoms with Crippen LogP contribution in [0.4, 0.5) is 11.4 Å². The number of hydrogen-bond acceptors (Lipinski definition) is 4. The van der Waals surface area contributed by atoms with E-state index in [-0.39, 0.29) is 23.5 Å². The highest BCUT2D eigenvalue weighted by Gasteiger charge is 2.08. The third-order valence-corrected chi connectivity index (χ3v) is 2.75. The van der Waals surface area contributed by atoms with Gasteiger partial charge in [-0.2, -0.15) is 0 Å². The molecule has 0 amide bonds. The van der Waals surface area contributed by atoms with Gasteiger partial charge in [-0.05, 0) is 18.2 Å². The number of nitro groups is 1. The first-order valence-corrected chi connectivity index (χ1v) is 6.04. The zero-order valence-corrected chi connectivity index (χ0v) is 10.9. The van der Waals surface area contributed by atoms with Crippen molar-refractivity contribution in [2.75, 3.05) is 0 Å². The molecule has 0 atom stereocenters. The van der Waals surface area contributed by atoms with Crippen LogP contribution in [-0.4, -0.2) is 16.2 Å². The minimum absolute atomic E-state index is 0.0818. The third-order valence-electron chi connectivity index (χ3n) is 2.75. The minimum atomic E-state index is -0.535. The van der Waals surface area contributed by atoms with E-state index in [9.17, 15) is 15.2 Å². The van der Waals surface area contributed by atoms with Crippen molar-refractivity contribution in [3.8, 4) is 5.75 Å². The first kappa shape index (κ1) is 14.2. The number of benzene rings is 2. The summed E-state index contributed by atoms with van der Waals surface area (Å²) in [4.78, 5) is 17.6. The van der Waals surface area contributed by atoms with Crippen LogP contribution >= 0.6 is 0 Å². The lowest BCUT2D eigenvalue weighted by Gasteiger charge is -1.99. The number of non-ortho nitro benzene ring substituents is 1. The highest BCUT2D eigenvalue weighted by atomic mass is 16.6. The molecule has 0 radical (unpaired) electrons. The Morgan fingerprint density at radius 3 is 2.86 bits per heavy atom. The number of hydrogen-bond donors (Lipinski definition) is 1. The van der Waals surface area contributed by atoms with Crippen LogP contribution in [0, 0.1) is 16.7 Å². The van der Waals surface area contributed by atoms with Crippen molar-refractivity contribution >= 4 is 17.6 Å². The smallest absolute Gasteiger partial charge is 0.270 e. The van der Waals surface area contributed by atoms with Crippen molar-refractivity contribution in [3.63, 3.8) is 0 Å². The van der Waals surface area contributed by atoms with Gasteiger partial charge in [0.05, 0.1) is 10.6 Å². The zero-order valence-electron chi connectivity index (χ0n) is 10.9. The lowest BCUT2D eigenvalue weighted by molar-refractivity contribution is -0.384. The average molecular weight is 281 g/mol. The van der Waals surface area contributed by atoms with Gasteiger partial charge in [0.15, 0.2) is 0 Å². The van der Waals surface area contributed by atoms with E-state index in [0.717, 1.165) is 5.56 Å². The Balaban J connectivity index is 2.29. The quantitative estimate of drug-likeness (QED) is 0.403. The molecule has 1 N–H and O–H groups in total. The predicted molar refractivity (Wildman–Crippen MR) is 78.8 cm³/mol. The van der Waals surface area contributed by atoms with Crippen LogP contribution in [0.15, 0.2) is 47.5 Å². The first-order valence-electron chi connectivity index (χ1n) is 6.04. The fourth-order valence-corrected chi connectivity index (χ4v) is 1.73. The number of aromatic hydroxyl groups is 1. The number of phenolic OH excluding ortho intramolecular Hbond substituents is 1. The molecule has 2 aromatic rings. The molecule has 6 nitrogen and oxygen atoms in total. The van der Waals surface area contributed by atoms with Crippen LogP contribution in [0.2, 0.25) is 0 Å². The van der Waals surface area contributed by atoms with E-state index in [4.69, 9.17) is 6.57 Å². The summed E-state index contributed by atoms with van der Waals surface area (Å²) in [6.07, 6.45) is 1.36. The van der Waals surface area contributed by atoms with E-state index in [2.05, 4.69) is 9.84 Å². The van der Waals surface area contributed by atoms with Crippen LogP contribution in [0.1, 0.15) is 11.1 Å². The van der Waals surface area contributed by atoms with E-state index in [1.165, 1.54) is 24.4 Å². The minimum Gasteiger partial charge on any atom is -0.507 e. The van der Waals surface area contributed by atoms with Gasteiger partial charge < -0.3 is 9.95 Å². The number of nitrogens with zero attached hydrogens (tertiary/aromatic N) is 3. The van der Waals surface area contributed by atoms with Gasteiger partial charge in [0, 0.05) is 29.5 Å². The summed E-state index contributed by atoms with van der Waals surface area (Å²) in [5.41, 5.74) is 1.60. The maximum Gasteiger partial charge on any atom is 0.270 e. The lowest BCUT2D eigenvalue weighted by Crippen LogP contribution is -1.90. The number of aliphatic imine (C=N–C) groups is 1.